The SMILES string of the molecule is Fc1cc(I)cc(N=P(c2ccccc2)(c2ccccc2)c2ccc(Br)cc2)c1. The molecule has 0 aliphatic carbocycles. The van der Waals surface area contributed by atoms with Gasteiger partial charge in [0.2, 0.25) is 0 Å². The van der Waals surface area contributed by atoms with Gasteiger partial charge in [0.05, 0.1) is 12.7 Å². The maximum atomic E-state index is 14.2. The van der Waals surface area contributed by atoms with Crippen LogP contribution < -0.4 is 15.9 Å². The van der Waals surface area contributed by atoms with E-state index in [-0.39, 0.29) is 5.82 Å². The highest BCUT2D eigenvalue weighted by Crippen LogP contribution is 2.49. The van der Waals surface area contributed by atoms with E-state index in [0.717, 1.165) is 24.0 Å². The highest BCUT2D eigenvalue weighted by Gasteiger charge is 2.27. The molecule has 0 bridgehead atoms. The zero-order valence-corrected chi connectivity index (χ0v) is 20.0. The van der Waals surface area contributed by atoms with Crippen molar-refractivity contribution in [2.75, 3.05) is 0 Å². The average Bonchev–Trinajstić information content (AvgIpc) is 2.73. The summed E-state index contributed by atoms with van der Waals surface area (Å²) in [7, 11) is -2.40. The minimum Gasteiger partial charge on any atom is -0.254 e. The molecule has 144 valence electrons. The molecule has 0 atom stereocenters. The molecule has 0 unspecified atom stereocenters. The molecule has 0 saturated carbocycles. The second-order valence-corrected chi connectivity index (χ2v) is 11.7. The van der Waals surface area contributed by atoms with Crippen LogP contribution in [-0.4, -0.2) is 0 Å². The number of rotatable bonds is 4. The van der Waals surface area contributed by atoms with Gasteiger partial charge in [0.25, 0.3) is 0 Å². The van der Waals surface area contributed by atoms with Gasteiger partial charge in [-0.05, 0) is 52.9 Å². The Morgan fingerprint density at radius 1 is 0.690 bits per heavy atom. The van der Waals surface area contributed by atoms with Crippen LogP contribution in [0.2, 0.25) is 0 Å². The van der Waals surface area contributed by atoms with Gasteiger partial charge < -0.3 is 0 Å². The second-order valence-electron chi connectivity index (χ2n) is 6.51. The molecule has 4 aromatic rings. The Morgan fingerprint density at radius 2 is 1.21 bits per heavy atom. The van der Waals surface area contributed by atoms with Crippen molar-refractivity contribution in [2.24, 2.45) is 4.74 Å². The zero-order valence-electron chi connectivity index (χ0n) is 15.3. The van der Waals surface area contributed by atoms with Crippen molar-refractivity contribution < 1.29 is 4.39 Å². The molecular formula is C24H17BrFINP. The molecule has 0 aliphatic heterocycles. The summed E-state index contributed by atoms with van der Waals surface area (Å²) in [4.78, 5) is 0. The largest absolute Gasteiger partial charge is 0.254 e. The topological polar surface area (TPSA) is 12.4 Å². The maximum Gasteiger partial charge on any atom is 0.126 e. The number of hydrogen-bond donors (Lipinski definition) is 0. The number of hydrogen-bond acceptors (Lipinski definition) is 1. The number of nitrogens with zero attached hydrogens (tertiary/aromatic N) is 1. The van der Waals surface area contributed by atoms with Gasteiger partial charge in [0, 0.05) is 24.0 Å². The van der Waals surface area contributed by atoms with E-state index in [0.29, 0.717) is 5.69 Å². The van der Waals surface area contributed by atoms with E-state index in [1.54, 1.807) is 0 Å². The van der Waals surface area contributed by atoms with Crippen molar-refractivity contribution >= 4 is 67.2 Å². The van der Waals surface area contributed by atoms with Crippen LogP contribution in [0.5, 0.6) is 0 Å². The van der Waals surface area contributed by atoms with Crippen LogP contribution in [0.1, 0.15) is 0 Å². The summed E-state index contributed by atoms with van der Waals surface area (Å²) in [6, 6.07) is 33.9. The van der Waals surface area contributed by atoms with E-state index in [1.165, 1.54) is 12.1 Å². The lowest BCUT2D eigenvalue weighted by atomic mass is 10.3. The van der Waals surface area contributed by atoms with Crippen molar-refractivity contribution in [1.29, 1.82) is 0 Å². The Labute approximate surface area is 192 Å². The van der Waals surface area contributed by atoms with Crippen LogP contribution in [0.25, 0.3) is 0 Å². The third-order valence-electron chi connectivity index (χ3n) is 4.57. The Bertz CT molecular complexity index is 1110. The van der Waals surface area contributed by atoms with Gasteiger partial charge in [-0.15, -0.1) is 0 Å². The van der Waals surface area contributed by atoms with E-state index in [4.69, 9.17) is 4.74 Å². The fourth-order valence-corrected chi connectivity index (χ4v) is 7.71. The Morgan fingerprint density at radius 3 is 1.72 bits per heavy atom. The van der Waals surface area contributed by atoms with Crippen molar-refractivity contribution in [3.63, 3.8) is 0 Å². The van der Waals surface area contributed by atoms with Crippen LogP contribution in [0.4, 0.5) is 10.1 Å². The van der Waals surface area contributed by atoms with Crippen molar-refractivity contribution in [3.05, 3.63) is 117 Å². The molecule has 29 heavy (non-hydrogen) atoms. The van der Waals surface area contributed by atoms with Crippen molar-refractivity contribution in [2.45, 2.75) is 0 Å². The van der Waals surface area contributed by atoms with Crippen molar-refractivity contribution in [1.82, 2.24) is 0 Å². The summed E-state index contributed by atoms with van der Waals surface area (Å²) in [6.07, 6.45) is 0. The Kier molecular flexibility index (Phi) is 6.33. The van der Waals surface area contributed by atoms with Crippen LogP contribution >= 0.6 is 45.6 Å². The van der Waals surface area contributed by atoms with Gasteiger partial charge in [-0.2, -0.15) is 0 Å². The third kappa shape index (κ3) is 4.40. The monoisotopic (exact) mass is 575 g/mol. The molecule has 0 amide bonds. The summed E-state index contributed by atoms with van der Waals surface area (Å²) in [5, 5.41) is 3.39. The average molecular weight is 576 g/mol. The summed E-state index contributed by atoms with van der Waals surface area (Å²) in [6.45, 7) is 0. The maximum absolute atomic E-state index is 14.2. The Hall–Kier alpha value is -1.75. The van der Waals surface area contributed by atoms with Gasteiger partial charge in [-0.3, -0.25) is 4.74 Å². The van der Waals surface area contributed by atoms with Gasteiger partial charge in [-0.25, -0.2) is 4.39 Å². The second kappa shape index (κ2) is 8.95. The number of halogens is 3. The molecule has 0 N–H and O–H groups in total. The molecular weight excluding hydrogens is 559 g/mol. The van der Waals surface area contributed by atoms with Gasteiger partial charge in [-0.1, -0.05) is 88.7 Å². The molecule has 0 saturated heterocycles. The van der Waals surface area contributed by atoms with Crippen LogP contribution in [0, 0.1) is 9.39 Å². The lowest BCUT2D eigenvalue weighted by Gasteiger charge is -2.27. The molecule has 0 aliphatic rings. The lowest BCUT2D eigenvalue weighted by molar-refractivity contribution is 0.627. The molecule has 0 fully saturated rings. The van der Waals surface area contributed by atoms with Gasteiger partial charge >= 0.3 is 0 Å². The van der Waals surface area contributed by atoms with Crippen LogP contribution in [0.3, 0.4) is 0 Å². The van der Waals surface area contributed by atoms with E-state index < -0.39 is 7.05 Å². The number of benzene rings is 4. The quantitative estimate of drug-likeness (QED) is 0.183. The van der Waals surface area contributed by atoms with Gasteiger partial charge in [0.15, 0.2) is 0 Å². The fourth-order valence-electron chi connectivity index (χ4n) is 3.33. The molecule has 0 aromatic heterocycles. The van der Waals surface area contributed by atoms with Gasteiger partial charge in [0.1, 0.15) is 5.82 Å². The molecule has 1 nitrogen and oxygen atoms in total. The summed E-state index contributed by atoms with van der Waals surface area (Å²) in [5.41, 5.74) is 0.651. The predicted molar refractivity (Wildman–Crippen MR) is 134 cm³/mol. The first-order valence-corrected chi connectivity index (χ1v) is 12.6. The normalized spacial score (nSPS) is 11.3. The first-order chi connectivity index (χ1) is 14.1. The van der Waals surface area contributed by atoms with E-state index in [2.05, 4.69) is 74.9 Å². The molecule has 0 spiro atoms. The molecule has 4 aromatic carbocycles. The van der Waals surface area contributed by atoms with Crippen LogP contribution in [0.15, 0.2) is 112 Å². The molecule has 0 heterocycles. The minimum absolute atomic E-state index is 0.273. The van der Waals surface area contributed by atoms with E-state index >= 15 is 0 Å². The highest BCUT2D eigenvalue weighted by molar-refractivity contribution is 14.1. The van der Waals surface area contributed by atoms with E-state index in [9.17, 15) is 4.39 Å². The third-order valence-corrected chi connectivity index (χ3v) is 9.39. The zero-order chi connectivity index (χ0) is 20.3. The van der Waals surface area contributed by atoms with Crippen molar-refractivity contribution in [3.8, 4) is 0 Å². The first kappa shape index (κ1) is 20.5. The summed E-state index contributed by atoms with van der Waals surface area (Å²) in [5.74, 6) is -0.273. The first-order valence-electron chi connectivity index (χ1n) is 9.04. The minimum atomic E-state index is -2.40. The highest BCUT2D eigenvalue weighted by atomic mass is 127. The van der Waals surface area contributed by atoms with Crippen LogP contribution in [-0.2, 0) is 0 Å². The summed E-state index contributed by atoms with van der Waals surface area (Å²) >= 11 is 5.68. The molecule has 0 radical (unpaired) electrons. The summed E-state index contributed by atoms with van der Waals surface area (Å²) < 4.78 is 21.4. The molecule has 5 heteroatoms. The Balaban J connectivity index is 2.14. The fraction of sp³-hybridized carbons (Fsp3) is 0. The van der Waals surface area contributed by atoms with E-state index in [1.807, 2.05) is 54.6 Å². The lowest BCUT2D eigenvalue weighted by Crippen LogP contribution is -2.25. The predicted octanol–water partition coefficient (Wildman–Crippen LogP) is 7.00. The smallest absolute Gasteiger partial charge is 0.126 e. The molecule has 4 rings (SSSR count). The standard InChI is InChI=1S/C24H17BrFINP/c25-18-11-13-24(14-12-18)29(22-7-3-1-4-8-22,23-9-5-2-6-10-23)28-21-16-19(26)15-20(27)17-21/h1-17H.